The van der Waals surface area contributed by atoms with Crippen LogP contribution >= 0.6 is 0 Å². The van der Waals surface area contributed by atoms with Crippen molar-refractivity contribution in [3.63, 3.8) is 0 Å². The predicted molar refractivity (Wildman–Crippen MR) is 65.0 cm³/mol. The highest BCUT2D eigenvalue weighted by Crippen LogP contribution is 2.18. The minimum atomic E-state index is 0.691. The monoisotopic (exact) mass is 207 g/mol. The lowest BCUT2D eigenvalue weighted by atomic mass is 9.97. The molecule has 0 unspecified atom stereocenters. The van der Waals surface area contributed by atoms with Crippen LogP contribution in [0.25, 0.3) is 0 Å². The van der Waals surface area contributed by atoms with Crippen molar-refractivity contribution in [1.82, 2.24) is 4.90 Å². The standard InChI is InChI=1S/C12H21N3/c1-2-11-4-7-15(8-5-11)10-12(9-14)3-6-13/h2-3,6,9,11H,1,4-5,7-8,10,13-14H2/b6-3-,12-9+. The number of likely N-dealkylation sites (tertiary alicyclic amines) is 1. The van der Waals surface area contributed by atoms with Crippen molar-refractivity contribution in [3.05, 3.63) is 36.7 Å². The molecule has 1 heterocycles. The van der Waals surface area contributed by atoms with E-state index in [9.17, 15) is 0 Å². The van der Waals surface area contributed by atoms with Crippen LogP contribution in [-0.2, 0) is 0 Å². The smallest absolute Gasteiger partial charge is 0.0248 e. The van der Waals surface area contributed by atoms with Gasteiger partial charge in [-0.05, 0) is 55.9 Å². The van der Waals surface area contributed by atoms with E-state index in [4.69, 9.17) is 11.5 Å². The highest BCUT2D eigenvalue weighted by Gasteiger charge is 2.16. The second kappa shape index (κ2) is 6.30. The third-order valence-electron chi connectivity index (χ3n) is 2.90. The van der Waals surface area contributed by atoms with Crippen LogP contribution in [0.2, 0.25) is 0 Å². The summed E-state index contributed by atoms with van der Waals surface area (Å²) in [5, 5.41) is 0. The van der Waals surface area contributed by atoms with Gasteiger partial charge >= 0.3 is 0 Å². The van der Waals surface area contributed by atoms with Gasteiger partial charge in [0.15, 0.2) is 0 Å². The first-order valence-electron chi connectivity index (χ1n) is 5.44. The Morgan fingerprint density at radius 3 is 2.47 bits per heavy atom. The topological polar surface area (TPSA) is 55.3 Å². The van der Waals surface area contributed by atoms with Crippen LogP contribution in [0, 0.1) is 5.92 Å². The highest BCUT2D eigenvalue weighted by atomic mass is 15.1. The molecule has 1 aliphatic heterocycles. The number of piperidine rings is 1. The SMILES string of the molecule is C=CC1CCN(CC(/C=C\N)=C/N)CC1. The van der Waals surface area contributed by atoms with Crippen LogP contribution in [0.1, 0.15) is 12.8 Å². The first-order valence-corrected chi connectivity index (χ1v) is 5.44. The first kappa shape index (κ1) is 11.9. The number of rotatable bonds is 4. The van der Waals surface area contributed by atoms with E-state index in [0.29, 0.717) is 5.92 Å². The molecule has 0 amide bonds. The van der Waals surface area contributed by atoms with Crippen molar-refractivity contribution in [2.24, 2.45) is 17.4 Å². The van der Waals surface area contributed by atoms with Gasteiger partial charge in [-0.25, -0.2) is 0 Å². The van der Waals surface area contributed by atoms with Crippen LogP contribution in [0.5, 0.6) is 0 Å². The molecule has 0 aromatic carbocycles. The summed E-state index contributed by atoms with van der Waals surface area (Å²) in [6.45, 7) is 6.97. The van der Waals surface area contributed by atoms with E-state index in [0.717, 1.165) is 25.2 Å². The second-order valence-corrected chi connectivity index (χ2v) is 3.95. The van der Waals surface area contributed by atoms with Gasteiger partial charge in [-0.3, -0.25) is 4.90 Å². The van der Waals surface area contributed by atoms with Crippen molar-refractivity contribution in [2.75, 3.05) is 19.6 Å². The summed E-state index contributed by atoms with van der Waals surface area (Å²) in [5.74, 6) is 0.691. The van der Waals surface area contributed by atoms with Gasteiger partial charge < -0.3 is 11.5 Å². The minimum absolute atomic E-state index is 0.691. The maximum atomic E-state index is 5.52. The van der Waals surface area contributed by atoms with Crippen LogP contribution in [0.4, 0.5) is 0 Å². The van der Waals surface area contributed by atoms with E-state index in [1.165, 1.54) is 19.0 Å². The maximum Gasteiger partial charge on any atom is 0.0248 e. The molecular formula is C12H21N3. The van der Waals surface area contributed by atoms with Crippen molar-refractivity contribution in [3.8, 4) is 0 Å². The molecule has 0 saturated carbocycles. The summed E-state index contributed by atoms with van der Waals surface area (Å²) in [5.41, 5.74) is 11.9. The highest BCUT2D eigenvalue weighted by molar-refractivity contribution is 5.18. The Hall–Kier alpha value is -1.22. The molecule has 1 saturated heterocycles. The molecule has 1 fully saturated rings. The van der Waals surface area contributed by atoms with Crippen LogP contribution < -0.4 is 11.5 Å². The Morgan fingerprint density at radius 2 is 2.00 bits per heavy atom. The fourth-order valence-electron chi connectivity index (χ4n) is 1.89. The summed E-state index contributed by atoms with van der Waals surface area (Å²) >= 11 is 0. The lowest BCUT2D eigenvalue weighted by Gasteiger charge is -2.30. The molecule has 15 heavy (non-hydrogen) atoms. The molecule has 0 aromatic heterocycles. The van der Waals surface area contributed by atoms with Gasteiger partial charge in [0.2, 0.25) is 0 Å². The van der Waals surface area contributed by atoms with E-state index in [-0.39, 0.29) is 0 Å². The van der Waals surface area contributed by atoms with Crippen molar-refractivity contribution in [2.45, 2.75) is 12.8 Å². The quantitative estimate of drug-likeness (QED) is 0.538. The summed E-state index contributed by atoms with van der Waals surface area (Å²) in [4.78, 5) is 2.40. The molecule has 0 bridgehead atoms. The fraction of sp³-hybridized carbons (Fsp3) is 0.500. The molecule has 0 atom stereocenters. The van der Waals surface area contributed by atoms with Crippen LogP contribution in [0.15, 0.2) is 36.7 Å². The third-order valence-corrected chi connectivity index (χ3v) is 2.90. The Balaban J connectivity index is 2.37. The van der Waals surface area contributed by atoms with Gasteiger partial charge in [-0.15, -0.1) is 6.58 Å². The molecule has 0 aliphatic carbocycles. The molecule has 4 N–H and O–H groups in total. The predicted octanol–water partition coefficient (Wildman–Crippen LogP) is 1.20. The van der Waals surface area contributed by atoms with Gasteiger partial charge in [0.25, 0.3) is 0 Å². The lowest BCUT2D eigenvalue weighted by molar-refractivity contribution is 0.219. The van der Waals surface area contributed by atoms with E-state index in [2.05, 4.69) is 17.6 Å². The van der Waals surface area contributed by atoms with Gasteiger partial charge in [0, 0.05) is 6.54 Å². The number of allylic oxidation sites excluding steroid dienone is 1. The molecule has 3 heteroatoms. The first-order chi connectivity index (χ1) is 7.30. The molecule has 84 valence electrons. The number of hydrogen-bond acceptors (Lipinski definition) is 3. The van der Waals surface area contributed by atoms with Gasteiger partial charge in [0.05, 0.1) is 0 Å². The van der Waals surface area contributed by atoms with E-state index < -0.39 is 0 Å². The average Bonchev–Trinajstić information content (AvgIpc) is 2.29. The van der Waals surface area contributed by atoms with Gasteiger partial charge in [-0.2, -0.15) is 0 Å². The Morgan fingerprint density at radius 1 is 1.33 bits per heavy atom. The number of nitrogens with zero attached hydrogens (tertiary/aromatic N) is 1. The summed E-state index contributed by atoms with van der Waals surface area (Å²) in [6.07, 6.45) is 9.50. The van der Waals surface area contributed by atoms with Crippen LogP contribution in [-0.4, -0.2) is 24.5 Å². The molecule has 0 radical (unpaired) electrons. The molecule has 3 nitrogen and oxygen atoms in total. The molecule has 0 spiro atoms. The number of nitrogens with two attached hydrogens (primary N) is 2. The molecular weight excluding hydrogens is 186 g/mol. The summed E-state index contributed by atoms with van der Waals surface area (Å²) in [7, 11) is 0. The second-order valence-electron chi connectivity index (χ2n) is 3.95. The van der Waals surface area contributed by atoms with Crippen molar-refractivity contribution < 1.29 is 0 Å². The van der Waals surface area contributed by atoms with Gasteiger partial charge in [-0.1, -0.05) is 6.08 Å². The minimum Gasteiger partial charge on any atom is -0.405 e. The molecule has 1 rings (SSSR count). The zero-order chi connectivity index (χ0) is 11.1. The van der Waals surface area contributed by atoms with Crippen molar-refractivity contribution in [1.29, 1.82) is 0 Å². The number of hydrogen-bond donors (Lipinski definition) is 2. The Labute approximate surface area is 92.1 Å². The normalized spacial score (nSPS) is 20.9. The van der Waals surface area contributed by atoms with E-state index >= 15 is 0 Å². The summed E-state index contributed by atoms with van der Waals surface area (Å²) < 4.78 is 0. The molecule has 1 aliphatic rings. The van der Waals surface area contributed by atoms with E-state index in [1.54, 1.807) is 6.20 Å². The zero-order valence-corrected chi connectivity index (χ0v) is 9.23. The Kier molecular flexibility index (Phi) is 4.98. The molecule has 0 aromatic rings. The zero-order valence-electron chi connectivity index (χ0n) is 9.23. The lowest BCUT2D eigenvalue weighted by Crippen LogP contribution is -2.34. The van der Waals surface area contributed by atoms with Crippen molar-refractivity contribution >= 4 is 0 Å². The third kappa shape index (κ3) is 3.80. The van der Waals surface area contributed by atoms with E-state index in [1.807, 2.05) is 6.08 Å². The van der Waals surface area contributed by atoms with Gasteiger partial charge in [0.1, 0.15) is 0 Å². The Bertz CT molecular complexity index is 248. The average molecular weight is 207 g/mol. The largest absolute Gasteiger partial charge is 0.405 e. The maximum absolute atomic E-state index is 5.52. The fourth-order valence-corrected chi connectivity index (χ4v) is 1.89. The van der Waals surface area contributed by atoms with Crippen LogP contribution in [0.3, 0.4) is 0 Å². The summed E-state index contributed by atoms with van der Waals surface area (Å²) in [6, 6.07) is 0.